The molecule has 0 saturated heterocycles. The number of hydrazine groups is 1. The third-order valence-electron chi connectivity index (χ3n) is 2.74. The van der Waals surface area contributed by atoms with Gasteiger partial charge in [-0.3, -0.25) is 0 Å². The predicted octanol–water partition coefficient (Wildman–Crippen LogP) is 3.39. The third kappa shape index (κ3) is 3.21. The summed E-state index contributed by atoms with van der Waals surface area (Å²) in [5.74, 6) is 7.07. The van der Waals surface area contributed by atoms with Crippen molar-refractivity contribution in [1.29, 1.82) is 0 Å². The normalized spacial score (nSPS) is 10.6. The number of anilines is 3. The summed E-state index contributed by atoms with van der Waals surface area (Å²) in [6.07, 6.45) is 1.45. The summed E-state index contributed by atoms with van der Waals surface area (Å²) in [6, 6.07) is 8.23. The fourth-order valence-corrected chi connectivity index (χ4v) is 2.09. The van der Waals surface area contributed by atoms with E-state index in [0.29, 0.717) is 22.0 Å². The molecule has 4 N–H and O–H groups in total. The number of nitrogens with zero attached hydrogens (tertiary/aromatic N) is 2. The van der Waals surface area contributed by atoms with Crippen LogP contribution in [-0.2, 0) is 0 Å². The third-order valence-corrected chi connectivity index (χ3v) is 3.49. The molecule has 0 atom stereocenters. The van der Waals surface area contributed by atoms with E-state index < -0.39 is 0 Å². The second-order valence-corrected chi connectivity index (χ2v) is 5.23. The maximum atomic E-state index is 5.38. The van der Waals surface area contributed by atoms with Crippen LogP contribution in [0.15, 0.2) is 35.1 Å². The van der Waals surface area contributed by atoms with Gasteiger partial charge in [-0.15, -0.1) is 0 Å². The first-order valence-corrected chi connectivity index (χ1v) is 6.75. The van der Waals surface area contributed by atoms with Gasteiger partial charge < -0.3 is 10.7 Å². The molecule has 0 saturated carbocycles. The van der Waals surface area contributed by atoms with Crippen molar-refractivity contribution in [1.82, 2.24) is 9.97 Å². The fourth-order valence-electron chi connectivity index (χ4n) is 1.67. The minimum atomic E-state index is 0.483. The highest BCUT2D eigenvalue weighted by Gasteiger charge is 2.08. The Hall–Kier alpha value is -1.66. The van der Waals surface area contributed by atoms with Gasteiger partial charge in [0.1, 0.15) is 16.6 Å². The summed E-state index contributed by atoms with van der Waals surface area (Å²) in [6.45, 7) is 4.33. The van der Waals surface area contributed by atoms with Gasteiger partial charge in [-0.25, -0.2) is 15.8 Å². The highest BCUT2D eigenvalue weighted by Crippen LogP contribution is 2.29. The zero-order valence-corrected chi connectivity index (χ0v) is 12.4. The fraction of sp³-hybridized carbons (Fsp3) is 0.231. The number of nitrogen functional groups attached to an aromatic ring is 1. The van der Waals surface area contributed by atoms with E-state index in [0.717, 1.165) is 5.69 Å². The maximum Gasteiger partial charge on any atom is 0.159 e. The van der Waals surface area contributed by atoms with E-state index >= 15 is 0 Å². The molecule has 100 valence electrons. The lowest BCUT2D eigenvalue weighted by atomic mass is 10.0. The first kappa shape index (κ1) is 13.8. The van der Waals surface area contributed by atoms with Gasteiger partial charge in [0.2, 0.25) is 0 Å². The number of rotatable bonds is 4. The number of halogens is 1. The molecule has 0 radical (unpaired) electrons. The molecule has 0 fully saturated rings. The zero-order valence-electron chi connectivity index (χ0n) is 10.8. The molecule has 0 spiro atoms. The molecule has 0 amide bonds. The van der Waals surface area contributed by atoms with Crippen LogP contribution in [0.3, 0.4) is 0 Å². The van der Waals surface area contributed by atoms with Crippen LogP contribution in [0, 0.1) is 0 Å². The van der Waals surface area contributed by atoms with Crippen molar-refractivity contribution in [3.8, 4) is 0 Å². The highest BCUT2D eigenvalue weighted by molar-refractivity contribution is 9.10. The minimum Gasteiger partial charge on any atom is -0.339 e. The molecule has 19 heavy (non-hydrogen) atoms. The number of hydrogen-bond acceptors (Lipinski definition) is 5. The summed E-state index contributed by atoms with van der Waals surface area (Å²) >= 11 is 3.42. The van der Waals surface area contributed by atoms with E-state index in [1.807, 2.05) is 12.1 Å². The van der Waals surface area contributed by atoms with Crippen molar-refractivity contribution in [3.05, 3.63) is 40.6 Å². The summed E-state index contributed by atoms with van der Waals surface area (Å²) < 4.78 is 0.701. The molecule has 1 heterocycles. The monoisotopic (exact) mass is 321 g/mol. The Morgan fingerprint density at radius 3 is 2.63 bits per heavy atom. The number of aromatic nitrogens is 2. The van der Waals surface area contributed by atoms with Crippen molar-refractivity contribution in [2.24, 2.45) is 5.84 Å². The highest BCUT2D eigenvalue weighted by atomic mass is 79.9. The smallest absolute Gasteiger partial charge is 0.159 e. The molecular weight excluding hydrogens is 306 g/mol. The van der Waals surface area contributed by atoms with E-state index in [1.54, 1.807) is 0 Å². The van der Waals surface area contributed by atoms with Crippen molar-refractivity contribution in [2.45, 2.75) is 19.8 Å². The van der Waals surface area contributed by atoms with E-state index in [1.165, 1.54) is 11.9 Å². The van der Waals surface area contributed by atoms with Gasteiger partial charge in [-0.2, -0.15) is 0 Å². The predicted molar refractivity (Wildman–Crippen MR) is 81.4 cm³/mol. The van der Waals surface area contributed by atoms with Gasteiger partial charge in [0.05, 0.1) is 0 Å². The molecule has 0 bridgehead atoms. The molecule has 1 aromatic heterocycles. The van der Waals surface area contributed by atoms with Crippen molar-refractivity contribution in [2.75, 3.05) is 10.7 Å². The number of benzene rings is 1. The zero-order chi connectivity index (χ0) is 13.8. The van der Waals surface area contributed by atoms with E-state index in [9.17, 15) is 0 Å². The molecule has 0 aliphatic rings. The summed E-state index contributed by atoms with van der Waals surface area (Å²) in [4.78, 5) is 8.20. The summed E-state index contributed by atoms with van der Waals surface area (Å²) in [7, 11) is 0. The average molecular weight is 322 g/mol. The van der Waals surface area contributed by atoms with Crippen LogP contribution in [-0.4, -0.2) is 9.97 Å². The Kier molecular flexibility index (Phi) is 4.34. The first-order valence-electron chi connectivity index (χ1n) is 5.96. The summed E-state index contributed by atoms with van der Waals surface area (Å²) in [5.41, 5.74) is 4.76. The standard InChI is InChI=1S/C13H16BrN5/c1-8(2)9-4-3-5-10(6-9)18-12-11(14)13(19-15)17-7-16-12/h3-8H,15H2,1-2H3,(H2,16,17,18,19). The van der Waals surface area contributed by atoms with Crippen molar-refractivity contribution >= 4 is 33.3 Å². The van der Waals surface area contributed by atoms with Crippen LogP contribution in [0.1, 0.15) is 25.3 Å². The van der Waals surface area contributed by atoms with Crippen LogP contribution < -0.4 is 16.6 Å². The molecule has 0 aliphatic carbocycles. The molecule has 0 aliphatic heterocycles. The summed E-state index contributed by atoms with van der Waals surface area (Å²) in [5, 5.41) is 3.25. The lowest BCUT2D eigenvalue weighted by molar-refractivity contribution is 0.867. The van der Waals surface area contributed by atoms with Crippen LogP contribution >= 0.6 is 15.9 Å². The molecule has 5 nitrogen and oxygen atoms in total. The lowest BCUT2D eigenvalue weighted by Gasteiger charge is -2.12. The molecule has 2 rings (SSSR count). The Balaban J connectivity index is 2.28. The largest absolute Gasteiger partial charge is 0.339 e. The van der Waals surface area contributed by atoms with Gasteiger partial charge in [0, 0.05) is 5.69 Å². The molecule has 1 aromatic carbocycles. The van der Waals surface area contributed by atoms with Crippen LogP contribution in [0.2, 0.25) is 0 Å². The van der Waals surface area contributed by atoms with E-state index in [4.69, 9.17) is 5.84 Å². The van der Waals surface area contributed by atoms with Crippen LogP contribution in [0.5, 0.6) is 0 Å². The topological polar surface area (TPSA) is 75.9 Å². The molecular formula is C13H16BrN5. The Bertz CT molecular complexity index is 571. The minimum absolute atomic E-state index is 0.483. The van der Waals surface area contributed by atoms with Gasteiger partial charge in [-0.05, 0) is 39.5 Å². The van der Waals surface area contributed by atoms with Crippen LogP contribution in [0.25, 0.3) is 0 Å². The Morgan fingerprint density at radius 1 is 1.21 bits per heavy atom. The Labute approximate surface area is 120 Å². The van der Waals surface area contributed by atoms with E-state index in [2.05, 4.69) is 62.6 Å². The molecule has 0 unspecified atom stereocenters. The van der Waals surface area contributed by atoms with Gasteiger partial charge in [0.15, 0.2) is 5.82 Å². The number of hydrogen-bond donors (Lipinski definition) is 3. The first-order chi connectivity index (χ1) is 9.11. The van der Waals surface area contributed by atoms with E-state index in [-0.39, 0.29) is 0 Å². The number of nitrogens with one attached hydrogen (secondary N) is 2. The van der Waals surface area contributed by atoms with Crippen LogP contribution in [0.4, 0.5) is 17.3 Å². The quantitative estimate of drug-likeness (QED) is 0.594. The molecule has 6 heteroatoms. The number of nitrogens with two attached hydrogens (primary N) is 1. The second kappa shape index (κ2) is 5.99. The maximum absolute atomic E-state index is 5.38. The average Bonchev–Trinajstić information content (AvgIpc) is 2.41. The van der Waals surface area contributed by atoms with Gasteiger partial charge in [-0.1, -0.05) is 26.0 Å². The Morgan fingerprint density at radius 2 is 1.95 bits per heavy atom. The van der Waals surface area contributed by atoms with Crippen molar-refractivity contribution in [3.63, 3.8) is 0 Å². The second-order valence-electron chi connectivity index (χ2n) is 4.43. The molecule has 2 aromatic rings. The van der Waals surface area contributed by atoms with Gasteiger partial charge >= 0.3 is 0 Å². The van der Waals surface area contributed by atoms with Crippen molar-refractivity contribution < 1.29 is 0 Å². The SMILES string of the molecule is CC(C)c1cccc(Nc2ncnc(NN)c2Br)c1. The lowest BCUT2D eigenvalue weighted by Crippen LogP contribution is -2.10. The van der Waals surface area contributed by atoms with Gasteiger partial charge in [0.25, 0.3) is 0 Å².